The van der Waals surface area contributed by atoms with Gasteiger partial charge in [0.2, 0.25) is 29.5 Å². The lowest BCUT2D eigenvalue weighted by Crippen LogP contribution is -2.71. The molecule has 11 heterocycles. The van der Waals surface area contributed by atoms with Crippen LogP contribution in [0.15, 0.2) is 0 Å². The average Bonchev–Trinajstić information content (AvgIpc) is 0.767. The molecule has 143 heavy (non-hydrogen) atoms. The van der Waals surface area contributed by atoms with Gasteiger partial charge in [-0.15, -0.1) is 0 Å². The van der Waals surface area contributed by atoms with Gasteiger partial charge in [0.15, 0.2) is 62.9 Å². The van der Waals surface area contributed by atoms with Gasteiger partial charge in [-0.2, -0.15) is 0 Å². The third-order valence-corrected chi connectivity index (χ3v) is 26.0. The van der Waals surface area contributed by atoms with Crippen LogP contribution in [-0.4, -0.2) is 615 Å². The Kier molecular flexibility index (Phi) is 42.3. The number of carboxylic acids is 1. The molecule has 11 aliphatic rings. The van der Waals surface area contributed by atoms with Crippen molar-refractivity contribution in [3.05, 3.63) is 0 Å². The van der Waals surface area contributed by atoms with Gasteiger partial charge in [-0.05, 0) is 0 Å². The van der Waals surface area contributed by atoms with Crippen molar-refractivity contribution in [1.82, 2.24) is 26.6 Å². The highest BCUT2D eigenvalue weighted by Crippen LogP contribution is 2.43. The van der Waals surface area contributed by atoms with Crippen LogP contribution in [0, 0.1) is 0 Å². The van der Waals surface area contributed by atoms with Crippen LogP contribution in [0.1, 0.15) is 41.0 Å². The van der Waals surface area contributed by atoms with E-state index in [1.165, 1.54) is 0 Å². The lowest BCUT2D eigenvalue weighted by Gasteiger charge is -2.51. The van der Waals surface area contributed by atoms with Gasteiger partial charge >= 0.3 is 5.97 Å². The van der Waals surface area contributed by atoms with Crippen LogP contribution in [0.25, 0.3) is 0 Å². The molecule has 826 valence electrons. The minimum atomic E-state index is -3.10. The van der Waals surface area contributed by atoms with E-state index in [0.717, 1.165) is 34.6 Å². The number of carboxylic acid groups (broad SMARTS) is 1. The number of carbonyl (C=O) groups excluding carboxylic acids is 5. The largest absolute Gasteiger partial charge is 0.477 e. The van der Waals surface area contributed by atoms with Crippen molar-refractivity contribution in [2.24, 2.45) is 0 Å². The van der Waals surface area contributed by atoms with Crippen LogP contribution in [0.3, 0.4) is 0 Å². The second-order valence-electron chi connectivity index (χ2n) is 36.0. The summed E-state index contributed by atoms with van der Waals surface area (Å²) in [7, 11) is 0. The van der Waals surface area contributed by atoms with Crippen LogP contribution < -0.4 is 26.6 Å². The molecule has 0 radical (unpaired) electrons. The lowest BCUT2D eigenvalue weighted by atomic mass is 9.88. The van der Waals surface area contributed by atoms with E-state index in [-0.39, 0.29) is 0 Å². The highest BCUT2D eigenvalue weighted by Gasteiger charge is 2.64. The number of rotatable bonds is 39. The number of hydrogen-bond donors (Lipinski definition) is 37. The first-order valence-electron chi connectivity index (χ1n) is 45.3. The maximum Gasteiger partial charge on any atom is 0.364 e. The molecule has 11 saturated heterocycles. The first-order chi connectivity index (χ1) is 67.5. The Morgan fingerprint density at radius 3 is 0.881 bits per heavy atom. The van der Waals surface area contributed by atoms with Gasteiger partial charge in [0.1, 0.15) is 262 Å². The Balaban J connectivity index is 0.791. The fraction of sp³-hybridized carbons (Fsp3) is 0.924. The Bertz CT molecular complexity index is 4030. The summed E-state index contributed by atoms with van der Waals surface area (Å²) in [6.07, 6.45) is -108. The van der Waals surface area contributed by atoms with Gasteiger partial charge in [-0.3, -0.25) is 24.0 Å². The molecule has 11 aliphatic heterocycles. The summed E-state index contributed by atoms with van der Waals surface area (Å²) in [6.45, 7) is -8.14. The van der Waals surface area contributed by atoms with E-state index in [1.54, 1.807) is 0 Å². The van der Waals surface area contributed by atoms with Gasteiger partial charge in [0, 0.05) is 41.0 Å². The van der Waals surface area contributed by atoms with E-state index in [2.05, 4.69) is 26.6 Å². The summed E-state index contributed by atoms with van der Waals surface area (Å²) in [6, 6.07) is -9.60. The molecule has 64 nitrogen and oxygen atoms in total. The maximum atomic E-state index is 13.2. The molecule has 11 fully saturated rings. The zero-order valence-electron chi connectivity index (χ0n) is 76.6. The SMILES string of the molecule is CC(=O)N[C@H]1[C@H](O[C@H]2[C@@H](O)[C@@H](CO)O[C@@H](O[C@H]3[C@H](O)[C@@H](NC(C)=O)[C@H](O[C@H]4[C@@H](O)[C@@H](CO)O[C@@H](O[C@H]5[C@H](O)[C@@H](NC(C)=O)[C@H](OC[C@H]6O[C@@H](O[C@H]7[C@H](O)[C@@H](O)C(O)O[C@@H]7CO)[C@H](O)[C@@H](O[C@@H]7O[C@H](CO)[C@@H](O[C@@H]8O[C@H](CO[C@]9(C(=O)O)C[C@H](O)[C@@H](NC(C)=O)[C@H]([C@H](O)[C@H](O)CO)O9)[C@H](O)[C@H](O)[C@H]8O)[C@H](O)[C@H]7NC(C)=O)[C@H]6O)O[C@@H]5CO)[C@@H]4O)O[C@@H]3CO)[C@@H]2O)O[C@H](CO)[C@@H](O[C@@H]2O[C@H](CO)[C@H](O)[C@H](O)[C@H]2O)[C@@H]1O. The molecule has 0 bridgehead atoms. The summed E-state index contributed by atoms with van der Waals surface area (Å²) < 4.78 is 123. The van der Waals surface area contributed by atoms with E-state index < -0.39 is 458 Å². The summed E-state index contributed by atoms with van der Waals surface area (Å²) in [5.41, 5.74) is 0. The number of ether oxygens (including phenoxy) is 21. The molecule has 0 aliphatic carbocycles. The molecule has 0 aromatic carbocycles. The molecule has 56 atom stereocenters. The predicted molar refractivity (Wildman–Crippen MR) is 438 cm³/mol. The van der Waals surface area contributed by atoms with Gasteiger partial charge in [-0.25, -0.2) is 4.79 Å². The van der Waals surface area contributed by atoms with E-state index in [4.69, 9.17) is 99.5 Å². The quantitative estimate of drug-likeness (QED) is 0.0272. The molecular weight excluding hydrogens is 1960 g/mol. The molecule has 5 amide bonds. The van der Waals surface area contributed by atoms with Crippen LogP contribution in [0.5, 0.6) is 0 Å². The zero-order valence-corrected chi connectivity index (χ0v) is 76.6. The van der Waals surface area contributed by atoms with Crippen molar-refractivity contribution in [3.63, 3.8) is 0 Å². The van der Waals surface area contributed by atoms with Crippen molar-refractivity contribution in [2.45, 2.75) is 384 Å². The monoisotopic (exact) mass is 2090 g/mol. The van der Waals surface area contributed by atoms with Crippen molar-refractivity contribution in [2.75, 3.05) is 72.7 Å². The Morgan fingerprint density at radius 1 is 0.287 bits per heavy atom. The van der Waals surface area contributed by atoms with E-state index in [0.29, 0.717) is 0 Å². The second-order valence-corrected chi connectivity index (χ2v) is 36.0. The molecular formula is C79H131N5O59. The third-order valence-electron chi connectivity index (χ3n) is 26.0. The fourth-order valence-corrected chi connectivity index (χ4v) is 18.5. The number of aliphatic hydroxyl groups is 31. The van der Waals surface area contributed by atoms with E-state index in [1.807, 2.05) is 0 Å². The number of hydrogen-bond acceptors (Lipinski definition) is 58. The van der Waals surface area contributed by atoms with Crippen LogP contribution in [0.2, 0.25) is 0 Å². The number of carbonyl (C=O) groups is 6. The first kappa shape index (κ1) is 118. The third kappa shape index (κ3) is 26.2. The van der Waals surface area contributed by atoms with Gasteiger partial charge in [-0.1, -0.05) is 0 Å². The Hall–Kier alpha value is -5.26. The lowest BCUT2D eigenvalue weighted by molar-refractivity contribution is -0.388. The van der Waals surface area contributed by atoms with Crippen molar-refractivity contribution < 1.29 is 292 Å². The molecule has 0 aromatic heterocycles. The minimum absolute atomic E-state index is 0.849. The summed E-state index contributed by atoms with van der Waals surface area (Å²) in [5.74, 6) is -9.94. The Labute approximate surface area is 808 Å². The second kappa shape index (κ2) is 51.2. The number of amides is 5. The Morgan fingerprint density at radius 2 is 0.552 bits per heavy atom. The smallest absolute Gasteiger partial charge is 0.364 e. The van der Waals surface area contributed by atoms with E-state index >= 15 is 0 Å². The molecule has 64 heteroatoms. The molecule has 0 saturated carbocycles. The number of nitrogens with one attached hydrogen (secondary N) is 5. The first-order valence-corrected chi connectivity index (χ1v) is 45.3. The van der Waals surface area contributed by atoms with E-state index in [9.17, 15) is 192 Å². The number of aliphatic carboxylic acids is 1. The van der Waals surface area contributed by atoms with Crippen LogP contribution in [-0.2, 0) is 128 Å². The minimum Gasteiger partial charge on any atom is -0.477 e. The van der Waals surface area contributed by atoms with Crippen molar-refractivity contribution >= 4 is 35.5 Å². The molecule has 37 N–H and O–H groups in total. The standard InChI is InChI=1S/C79H131N5O59/c1-18(94)80-35-23(99)6-79(78(121)122,143-64(35)40(101)24(100)7-85)124-17-34-42(103)51(112)55(116)74(134-34)136-61-31(14-92)131-72(38(48(61)109)83-21(4)97)142-67-45(106)33(133-77(58(67)119)139-63-28(11-89)125-68(120)53(114)52(63)113)16-123-69-36(81-19(2)95)46(107)59(29(12-90)129-69)137-75-56(117)65(43(104)26(9-87)127-75)141-71-39(84-22(5)98)49(110)62(32(15-93)132-71)138-76-57(118)66(44(105)27(10-88)128-76)140-70-37(82-20(3)96)47(108)60(30(13-91)130-70)135-73-54(115)50(111)41(102)25(8-86)126-73/h23-77,85-93,99-120H,6-17H2,1-5H3,(H,80,94)(H,81,95)(H,82,96)(H,83,97)(H,84,98)(H,121,122)/t23-,24+,25+,26+,27+,28+,29+,30+,31+,32+,33+,34+,35+,36+,37+,38+,39+,40+,41-,42-,43-,44-,45-,46+,47+,48+,49+,50-,51-,52+,53+,54+,55+,56+,57+,58+,59+,60+,61+,62+,63+,64+,65-,66-,67-,68?,69+,70-,71-,72-,73-,74-,75-,76-,77-,79+/m0/s1. The topological polar surface area (TPSA) is 1000 Å². The van der Waals surface area contributed by atoms with Gasteiger partial charge < -0.3 is 289 Å². The molecule has 11 rings (SSSR count). The molecule has 0 aromatic rings. The normalized spacial score (nSPS) is 47.8. The van der Waals surface area contributed by atoms with Gasteiger partial charge in [0.25, 0.3) is 5.79 Å². The average molecular weight is 2090 g/mol. The summed E-state index contributed by atoms with van der Waals surface area (Å²) >= 11 is 0. The molecule has 0 spiro atoms. The van der Waals surface area contributed by atoms with Gasteiger partial charge in [0.05, 0.1) is 84.8 Å². The highest BCUT2D eigenvalue weighted by atomic mass is 16.8. The fourth-order valence-electron chi connectivity index (χ4n) is 18.5. The zero-order chi connectivity index (χ0) is 106. The number of aliphatic hydroxyl groups excluding tert-OH is 31. The molecule has 1 unspecified atom stereocenters. The highest BCUT2D eigenvalue weighted by molar-refractivity contribution is 5.77. The summed E-state index contributed by atoms with van der Waals surface area (Å²) in [4.78, 5) is 77.3. The van der Waals surface area contributed by atoms with Crippen molar-refractivity contribution in [3.8, 4) is 0 Å². The predicted octanol–water partition coefficient (Wildman–Crippen LogP) is -25.1. The summed E-state index contributed by atoms with van der Waals surface area (Å²) in [5, 5.41) is 368. The van der Waals surface area contributed by atoms with Crippen molar-refractivity contribution in [1.29, 1.82) is 0 Å². The maximum absolute atomic E-state index is 13.2. The van der Waals surface area contributed by atoms with Crippen LogP contribution in [0.4, 0.5) is 0 Å². The van der Waals surface area contributed by atoms with Crippen LogP contribution >= 0.6 is 0 Å².